The number of nitrogens with zero attached hydrogens (tertiary/aromatic N) is 3. The van der Waals surface area contributed by atoms with Gasteiger partial charge >= 0.3 is 0 Å². The van der Waals surface area contributed by atoms with Gasteiger partial charge in [0.1, 0.15) is 0 Å². The summed E-state index contributed by atoms with van der Waals surface area (Å²) in [6, 6.07) is 0.343. The van der Waals surface area contributed by atoms with Crippen LogP contribution in [0.4, 0.5) is 0 Å². The number of carbonyl (C=O) groups is 1. The van der Waals surface area contributed by atoms with Gasteiger partial charge in [0.05, 0.1) is 13.1 Å². The Kier molecular flexibility index (Phi) is 4.05. The molecule has 0 saturated carbocycles. The van der Waals surface area contributed by atoms with Crippen molar-refractivity contribution in [2.45, 2.75) is 25.4 Å². The molecular weight excluding hydrogens is 222 g/mol. The maximum atomic E-state index is 11.1. The molecule has 0 aromatic carbocycles. The first-order valence-corrected chi connectivity index (χ1v) is 5.74. The van der Waals surface area contributed by atoms with Crippen molar-refractivity contribution in [1.29, 1.82) is 0 Å². The minimum atomic E-state index is -0.331. The number of primary amides is 1. The summed E-state index contributed by atoms with van der Waals surface area (Å²) >= 11 is 0. The van der Waals surface area contributed by atoms with Gasteiger partial charge in [0.15, 0.2) is 6.33 Å². The fourth-order valence-corrected chi connectivity index (χ4v) is 2.13. The summed E-state index contributed by atoms with van der Waals surface area (Å²) in [6.45, 7) is 2.63. The Morgan fingerprint density at radius 3 is 2.94 bits per heavy atom. The van der Waals surface area contributed by atoms with Crippen molar-refractivity contribution in [2.24, 2.45) is 5.73 Å². The molecule has 1 aliphatic rings. The summed E-state index contributed by atoms with van der Waals surface area (Å²) in [4.78, 5) is 17.1. The summed E-state index contributed by atoms with van der Waals surface area (Å²) in [5.41, 5.74) is 5.27. The van der Waals surface area contributed by atoms with Gasteiger partial charge in [-0.15, -0.1) is 0 Å². The lowest BCUT2D eigenvalue weighted by Crippen LogP contribution is -2.46. The van der Waals surface area contributed by atoms with E-state index in [0.29, 0.717) is 18.5 Å². The molecule has 3 N–H and O–H groups in total. The molecule has 2 rings (SSSR count). The van der Waals surface area contributed by atoms with E-state index in [1.165, 1.54) is 6.33 Å². The first kappa shape index (κ1) is 12.0. The Balaban J connectivity index is 1.98. The summed E-state index contributed by atoms with van der Waals surface area (Å²) < 4.78 is 4.97. The van der Waals surface area contributed by atoms with Crippen LogP contribution in [0, 0.1) is 0 Å². The van der Waals surface area contributed by atoms with E-state index in [2.05, 4.69) is 15.5 Å². The van der Waals surface area contributed by atoms with Crippen LogP contribution in [-0.2, 0) is 11.3 Å². The molecule has 2 heterocycles. The summed E-state index contributed by atoms with van der Waals surface area (Å²) in [5.74, 6) is 0.188. The molecular formula is C10H17N5O2. The predicted octanol–water partition coefficient (Wildman–Crippen LogP) is -0.891. The van der Waals surface area contributed by atoms with Gasteiger partial charge in [-0.1, -0.05) is 5.16 Å². The van der Waals surface area contributed by atoms with Crippen LogP contribution in [0.1, 0.15) is 18.7 Å². The number of rotatable bonds is 5. The second-order valence-corrected chi connectivity index (χ2v) is 4.19. The molecule has 94 valence electrons. The van der Waals surface area contributed by atoms with Crippen molar-refractivity contribution in [1.82, 2.24) is 20.4 Å². The fourth-order valence-electron chi connectivity index (χ4n) is 2.13. The summed E-state index contributed by atoms with van der Waals surface area (Å²) in [5, 5.41) is 6.85. The van der Waals surface area contributed by atoms with Gasteiger partial charge in [0.2, 0.25) is 11.8 Å². The second-order valence-electron chi connectivity index (χ2n) is 4.19. The molecule has 0 bridgehead atoms. The number of carbonyl (C=O) groups excluding carboxylic acids is 1. The van der Waals surface area contributed by atoms with E-state index < -0.39 is 0 Å². The Morgan fingerprint density at radius 1 is 1.59 bits per heavy atom. The summed E-state index contributed by atoms with van der Waals surface area (Å²) in [6.07, 6.45) is 3.36. The molecule has 1 amide bonds. The number of nitrogens with one attached hydrogen (secondary N) is 1. The van der Waals surface area contributed by atoms with Gasteiger partial charge in [-0.3, -0.25) is 9.69 Å². The smallest absolute Gasteiger partial charge is 0.240 e. The van der Waals surface area contributed by atoms with E-state index in [1.54, 1.807) is 0 Å². The Labute approximate surface area is 99.3 Å². The summed E-state index contributed by atoms with van der Waals surface area (Å²) in [7, 11) is 0. The zero-order valence-electron chi connectivity index (χ0n) is 9.63. The quantitative estimate of drug-likeness (QED) is 0.691. The highest BCUT2D eigenvalue weighted by Crippen LogP contribution is 2.14. The van der Waals surface area contributed by atoms with Gasteiger partial charge in [0, 0.05) is 6.04 Å². The number of hydrogen-bond acceptors (Lipinski definition) is 6. The van der Waals surface area contributed by atoms with Gasteiger partial charge in [-0.25, -0.2) is 0 Å². The SMILES string of the molecule is NC(=O)CN(Cc1ncno1)C1CCNCC1. The molecule has 1 aromatic rings. The monoisotopic (exact) mass is 239 g/mol. The maximum Gasteiger partial charge on any atom is 0.240 e. The maximum absolute atomic E-state index is 11.1. The molecule has 7 heteroatoms. The van der Waals surface area contributed by atoms with E-state index in [4.69, 9.17) is 10.3 Å². The first-order valence-electron chi connectivity index (χ1n) is 5.74. The average molecular weight is 239 g/mol. The van der Waals surface area contributed by atoms with Crippen molar-refractivity contribution in [2.75, 3.05) is 19.6 Å². The van der Waals surface area contributed by atoms with Crippen LogP contribution in [0.2, 0.25) is 0 Å². The van der Waals surface area contributed by atoms with Crippen molar-refractivity contribution in [3.8, 4) is 0 Å². The zero-order chi connectivity index (χ0) is 12.1. The van der Waals surface area contributed by atoms with E-state index >= 15 is 0 Å². The van der Waals surface area contributed by atoms with Crippen LogP contribution in [0.15, 0.2) is 10.9 Å². The van der Waals surface area contributed by atoms with Crippen LogP contribution < -0.4 is 11.1 Å². The number of hydrogen-bond donors (Lipinski definition) is 2. The van der Waals surface area contributed by atoms with Gasteiger partial charge < -0.3 is 15.6 Å². The predicted molar refractivity (Wildman–Crippen MR) is 59.8 cm³/mol. The van der Waals surface area contributed by atoms with Gasteiger partial charge in [0.25, 0.3) is 0 Å². The highest BCUT2D eigenvalue weighted by Gasteiger charge is 2.23. The fraction of sp³-hybridized carbons (Fsp3) is 0.700. The second kappa shape index (κ2) is 5.74. The van der Waals surface area contributed by atoms with Crippen LogP contribution in [0.25, 0.3) is 0 Å². The van der Waals surface area contributed by atoms with Crippen molar-refractivity contribution >= 4 is 5.91 Å². The van der Waals surface area contributed by atoms with Crippen LogP contribution in [-0.4, -0.2) is 46.6 Å². The van der Waals surface area contributed by atoms with E-state index in [0.717, 1.165) is 25.9 Å². The van der Waals surface area contributed by atoms with Crippen LogP contribution >= 0.6 is 0 Å². The molecule has 7 nitrogen and oxygen atoms in total. The number of piperidine rings is 1. The molecule has 0 unspecified atom stereocenters. The van der Waals surface area contributed by atoms with Gasteiger partial charge in [-0.05, 0) is 25.9 Å². The van der Waals surface area contributed by atoms with E-state index in [-0.39, 0.29) is 12.5 Å². The normalized spacial score (nSPS) is 17.5. The lowest BCUT2D eigenvalue weighted by molar-refractivity contribution is -0.120. The lowest BCUT2D eigenvalue weighted by atomic mass is 10.0. The molecule has 17 heavy (non-hydrogen) atoms. The molecule has 1 saturated heterocycles. The standard InChI is InChI=1S/C10H17N5O2/c11-9(16)5-15(6-10-13-7-14-17-10)8-1-3-12-4-2-8/h7-8,12H,1-6H2,(H2,11,16). The number of nitrogens with two attached hydrogens (primary N) is 1. The lowest BCUT2D eigenvalue weighted by Gasteiger charge is -2.32. The van der Waals surface area contributed by atoms with E-state index in [1.807, 2.05) is 4.90 Å². The number of amides is 1. The largest absolute Gasteiger partial charge is 0.369 e. The Hall–Kier alpha value is -1.47. The molecule has 0 radical (unpaired) electrons. The zero-order valence-corrected chi connectivity index (χ0v) is 9.63. The Bertz CT molecular complexity index is 348. The number of aromatic nitrogens is 2. The topological polar surface area (TPSA) is 97.3 Å². The molecule has 0 aliphatic carbocycles. The molecule has 0 spiro atoms. The minimum absolute atomic E-state index is 0.229. The molecule has 1 aliphatic heterocycles. The highest BCUT2D eigenvalue weighted by molar-refractivity contribution is 5.75. The highest BCUT2D eigenvalue weighted by atomic mass is 16.5. The van der Waals surface area contributed by atoms with Gasteiger partial charge in [-0.2, -0.15) is 4.98 Å². The van der Waals surface area contributed by atoms with Crippen molar-refractivity contribution < 1.29 is 9.32 Å². The van der Waals surface area contributed by atoms with Crippen LogP contribution in [0.5, 0.6) is 0 Å². The Morgan fingerprint density at radius 2 is 2.35 bits per heavy atom. The minimum Gasteiger partial charge on any atom is -0.369 e. The molecule has 1 aromatic heterocycles. The van der Waals surface area contributed by atoms with Crippen molar-refractivity contribution in [3.05, 3.63) is 12.2 Å². The molecule has 1 fully saturated rings. The van der Waals surface area contributed by atoms with E-state index in [9.17, 15) is 4.79 Å². The van der Waals surface area contributed by atoms with Crippen LogP contribution in [0.3, 0.4) is 0 Å². The first-order chi connectivity index (χ1) is 8.25. The third kappa shape index (κ3) is 3.50. The third-order valence-corrected chi connectivity index (χ3v) is 2.93. The molecule has 0 atom stereocenters. The third-order valence-electron chi connectivity index (χ3n) is 2.93. The van der Waals surface area contributed by atoms with Crippen molar-refractivity contribution in [3.63, 3.8) is 0 Å². The average Bonchev–Trinajstić information content (AvgIpc) is 2.82.